The Labute approximate surface area is 100 Å². The van der Waals surface area contributed by atoms with E-state index in [4.69, 9.17) is 9.05 Å². The Bertz CT molecular complexity index is 196. The first-order valence-electron chi connectivity index (χ1n) is 6.49. The van der Waals surface area contributed by atoms with Crippen molar-refractivity contribution in [1.29, 1.82) is 0 Å². The lowest BCUT2D eigenvalue weighted by molar-refractivity contribution is 0.211. The van der Waals surface area contributed by atoms with E-state index in [1.165, 1.54) is 19.3 Å². The first kappa shape index (κ1) is 16.1. The highest BCUT2D eigenvalue weighted by atomic mass is 31.2. The van der Waals surface area contributed by atoms with E-state index < -0.39 is 7.60 Å². The number of hydrogen-bond acceptors (Lipinski definition) is 3. The summed E-state index contributed by atoms with van der Waals surface area (Å²) in [6.07, 6.45) is 5.72. The van der Waals surface area contributed by atoms with Crippen LogP contribution in [0.5, 0.6) is 0 Å². The molecule has 0 aromatic carbocycles. The van der Waals surface area contributed by atoms with Crippen molar-refractivity contribution in [1.82, 2.24) is 0 Å². The second-order valence-electron chi connectivity index (χ2n) is 4.07. The monoisotopic (exact) mass is 250 g/mol. The van der Waals surface area contributed by atoms with Gasteiger partial charge in [-0.2, -0.15) is 0 Å². The highest BCUT2D eigenvalue weighted by Crippen LogP contribution is 2.54. The first-order valence-corrected chi connectivity index (χ1v) is 8.10. The van der Waals surface area contributed by atoms with Crippen molar-refractivity contribution in [3.05, 3.63) is 0 Å². The highest BCUT2D eigenvalue weighted by molar-refractivity contribution is 7.54. The zero-order valence-electron chi connectivity index (χ0n) is 11.2. The van der Waals surface area contributed by atoms with Gasteiger partial charge in [0.1, 0.15) is 0 Å². The third-order valence-electron chi connectivity index (χ3n) is 2.63. The van der Waals surface area contributed by atoms with Crippen molar-refractivity contribution >= 4 is 7.60 Å². The topological polar surface area (TPSA) is 35.5 Å². The van der Waals surface area contributed by atoms with Gasteiger partial charge >= 0.3 is 7.60 Å². The maximum atomic E-state index is 12.3. The van der Waals surface area contributed by atoms with Crippen LogP contribution in [0.25, 0.3) is 0 Å². The Balaban J connectivity index is 4.06. The van der Waals surface area contributed by atoms with Gasteiger partial charge in [-0.15, -0.1) is 0 Å². The lowest BCUT2D eigenvalue weighted by Gasteiger charge is -2.23. The molecular weight excluding hydrogens is 223 g/mol. The minimum atomic E-state index is -2.86. The molecule has 0 saturated heterocycles. The van der Waals surface area contributed by atoms with Gasteiger partial charge in [-0.3, -0.25) is 4.57 Å². The van der Waals surface area contributed by atoms with Crippen LogP contribution in [0, 0.1) is 0 Å². The lowest BCUT2D eigenvalue weighted by Crippen LogP contribution is -2.09. The normalized spacial score (nSPS) is 14.0. The maximum absolute atomic E-state index is 12.3. The standard InChI is InChI=1S/C12H27O3P/c1-5-8-9-10-11-12(4)16(13,14-6-2)15-7-3/h12H,5-11H2,1-4H3/t12-/m1/s1. The third-order valence-corrected chi connectivity index (χ3v) is 5.21. The zero-order valence-corrected chi connectivity index (χ0v) is 12.1. The van der Waals surface area contributed by atoms with E-state index in [1.54, 1.807) is 0 Å². The van der Waals surface area contributed by atoms with Crippen molar-refractivity contribution in [3.8, 4) is 0 Å². The number of hydrogen-bond donors (Lipinski definition) is 0. The molecule has 0 N–H and O–H groups in total. The molecule has 0 saturated carbocycles. The van der Waals surface area contributed by atoms with Crippen LogP contribution in [0.3, 0.4) is 0 Å². The summed E-state index contributed by atoms with van der Waals surface area (Å²) >= 11 is 0. The molecular formula is C12H27O3P. The summed E-state index contributed by atoms with van der Waals surface area (Å²) in [6.45, 7) is 8.78. The third kappa shape index (κ3) is 6.03. The fraction of sp³-hybridized carbons (Fsp3) is 1.00. The van der Waals surface area contributed by atoms with Crippen molar-refractivity contribution in [3.63, 3.8) is 0 Å². The summed E-state index contributed by atoms with van der Waals surface area (Å²) in [5.74, 6) is 0. The molecule has 0 aliphatic carbocycles. The minimum Gasteiger partial charge on any atom is -0.309 e. The molecule has 16 heavy (non-hydrogen) atoms. The van der Waals surface area contributed by atoms with Gasteiger partial charge in [0.05, 0.1) is 18.9 Å². The SMILES string of the molecule is CCCCCC[C@@H](C)P(=O)(OCC)OCC. The van der Waals surface area contributed by atoms with E-state index in [0.717, 1.165) is 12.8 Å². The summed E-state index contributed by atoms with van der Waals surface area (Å²) in [4.78, 5) is 0. The van der Waals surface area contributed by atoms with Crippen LogP contribution in [0.4, 0.5) is 0 Å². The molecule has 0 aromatic rings. The molecule has 0 rings (SSSR count). The molecule has 4 heteroatoms. The van der Waals surface area contributed by atoms with Crippen LogP contribution >= 0.6 is 7.60 Å². The van der Waals surface area contributed by atoms with E-state index >= 15 is 0 Å². The summed E-state index contributed by atoms with van der Waals surface area (Å²) in [5.41, 5.74) is 0.0178. The van der Waals surface area contributed by atoms with Gasteiger partial charge in [-0.1, -0.05) is 39.5 Å². The molecule has 1 atom stereocenters. The average Bonchev–Trinajstić information content (AvgIpc) is 2.24. The van der Waals surface area contributed by atoms with Gasteiger partial charge in [-0.25, -0.2) is 0 Å². The Morgan fingerprint density at radius 3 is 2.00 bits per heavy atom. The predicted octanol–water partition coefficient (Wildman–Crippen LogP) is 4.61. The molecule has 0 aliphatic heterocycles. The molecule has 0 radical (unpaired) electrons. The lowest BCUT2D eigenvalue weighted by atomic mass is 10.1. The van der Waals surface area contributed by atoms with Crippen LogP contribution in [-0.2, 0) is 13.6 Å². The fourth-order valence-electron chi connectivity index (χ4n) is 1.68. The Kier molecular flexibility index (Phi) is 9.29. The molecule has 98 valence electrons. The van der Waals surface area contributed by atoms with E-state index in [9.17, 15) is 4.57 Å². The van der Waals surface area contributed by atoms with Gasteiger partial charge in [-0.05, 0) is 20.3 Å². The number of unbranched alkanes of at least 4 members (excludes halogenated alkanes) is 3. The van der Waals surface area contributed by atoms with E-state index in [-0.39, 0.29) is 5.66 Å². The van der Waals surface area contributed by atoms with Crippen molar-refractivity contribution in [2.75, 3.05) is 13.2 Å². The van der Waals surface area contributed by atoms with E-state index in [1.807, 2.05) is 20.8 Å². The van der Waals surface area contributed by atoms with Crippen LogP contribution in [0.15, 0.2) is 0 Å². The van der Waals surface area contributed by atoms with Crippen molar-refractivity contribution < 1.29 is 13.6 Å². The molecule has 0 unspecified atom stereocenters. The molecule has 0 bridgehead atoms. The Hall–Kier alpha value is 0.150. The summed E-state index contributed by atoms with van der Waals surface area (Å²) in [5, 5.41) is 0. The van der Waals surface area contributed by atoms with Crippen LogP contribution in [-0.4, -0.2) is 18.9 Å². The van der Waals surface area contributed by atoms with Crippen LogP contribution < -0.4 is 0 Å². The van der Waals surface area contributed by atoms with Gasteiger partial charge < -0.3 is 9.05 Å². The number of rotatable bonds is 10. The quantitative estimate of drug-likeness (QED) is 0.419. The zero-order chi connectivity index (χ0) is 12.4. The molecule has 0 heterocycles. The van der Waals surface area contributed by atoms with Gasteiger partial charge in [0.2, 0.25) is 0 Å². The molecule has 0 fully saturated rings. The molecule has 0 spiro atoms. The summed E-state index contributed by atoms with van der Waals surface area (Å²) in [7, 11) is -2.86. The van der Waals surface area contributed by atoms with Gasteiger partial charge in [0, 0.05) is 0 Å². The predicted molar refractivity (Wildman–Crippen MR) is 69.1 cm³/mol. The second-order valence-corrected chi connectivity index (χ2v) is 6.55. The summed E-state index contributed by atoms with van der Waals surface area (Å²) in [6, 6.07) is 0. The molecule has 0 amide bonds. The largest absolute Gasteiger partial charge is 0.333 e. The molecule has 3 nitrogen and oxygen atoms in total. The molecule has 0 aromatic heterocycles. The van der Waals surface area contributed by atoms with E-state index in [0.29, 0.717) is 13.2 Å². The van der Waals surface area contributed by atoms with E-state index in [2.05, 4.69) is 6.92 Å². The van der Waals surface area contributed by atoms with Crippen LogP contribution in [0.2, 0.25) is 0 Å². The van der Waals surface area contributed by atoms with Crippen LogP contribution in [0.1, 0.15) is 59.8 Å². The average molecular weight is 250 g/mol. The molecule has 0 aliphatic rings. The first-order chi connectivity index (χ1) is 7.60. The Morgan fingerprint density at radius 2 is 1.56 bits per heavy atom. The van der Waals surface area contributed by atoms with Gasteiger partial charge in [0.15, 0.2) is 0 Å². The highest BCUT2D eigenvalue weighted by Gasteiger charge is 2.30. The van der Waals surface area contributed by atoms with Gasteiger partial charge in [0.25, 0.3) is 0 Å². The maximum Gasteiger partial charge on any atom is 0.333 e. The Morgan fingerprint density at radius 1 is 1.00 bits per heavy atom. The smallest absolute Gasteiger partial charge is 0.309 e. The van der Waals surface area contributed by atoms with Crippen molar-refractivity contribution in [2.45, 2.75) is 65.5 Å². The second kappa shape index (κ2) is 9.21. The fourth-order valence-corrected chi connectivity index (χ4v) is 3.48. The van der Waals surface area contributed by atoms with Crippen molar-refractivity contribution in [2.24, 2.45) is 0 Å². The minimum absolute atomic E-state index is 0.0178. The summed E-state index contributed by atoms with van der Waals surface area (Å²) < 4.78 is 23.0.